The van der Waals surface area contributed by atoms with Crippen LogP contribution in [0.4, 0.5) is 9.18 Å². The van der Waals surface area contributed by atoms with Crippen molar-refractivity contribution in [1.29, 1.82) is 0 Å². The Kier molecular flexibility index (Phi) is 4.64. The van der Waals surface area contributed by atoms with Gasteiger partial charge < -0.3 is 14.4 Å². The molecule has 0 aliphatic carbocycles. The monoisotopic (exact) mass is 336 g/mol. The third-order valence-electron chi connectivity index (χ3n) is 4.15. The smallest absolute Gasteiger partial charge is 0.417 e. The van der Waals surface area contributed by atoms with Gasteiger partial charge in [-0.2, -0.15) is 0 Å². The number of ether oxygens (including phenoxy) is 2. The molecule has 2 fully saturated rings. The Morgan fingerprint density at radius 3 is 2.58 bits per heavy atom. The number of imide groups is 1. The molecule has 2 aliphatic rings. The summed E-state index contributed by atoms with van der Waals surface area (Å²) in [7, 11) is 0. The Morgan fingerprint density at radius 1 is 1.25 bits per heavy atom. The van der Waals surface area contributed by atoms with Crippen molar-refractivity contribution in [3.8, 4) is 5.75 Å². The van der Waals surface area contributed by atoms with Gasteiger partial charge in [0.25, 0.3) is 11.8 Å². The minimum Gasteiger partial charge on any atom is -0.481 e. The third kappa shape index (κ3) is 3.32. The highest BCUT2D eigenvalue weighted by molar-refractivity contribution is 5.98. The molecule has 3 amide bonds. The van der Waals surface area contributed by atoms with E-state index in [2.05, 4.69) is 0 Å². The van der Waals surface area contributed by atoms with Gasteiger partial charge in [0.1, 0.15) is 0 Å². The SMILES string of the molecule is O=C(COc1ccccc1F)N1CCC(N2C(=O)COC2=O)CC1. The Morgan fingerprint density at radius 2 is 1.96 bits per heavy atom. The highest BCUT2D eigenvalue weighted by Gasteiger charge is 2.38. The maximum absolute atomic E-state index is 13.4. The molecule has 2 heterocycles. The van der Waals surface area contributed by atoms with Gasteiger partial charge in [0.05, 0.1) is 0 Å². The van der Waals surface area contributed by atoms with E-state index < -0.39 is 11.9 Å². The molecule has 0 N–H and O–H groups in total. The molecule has 0 aromatic heterocycles. The molecule has 128 valence electrons. The van der Waals surface area contributed by atoms with Crippen LogP contribution >= 0.6 is 0 Å². The fraction of sp³-hybridized carbons (Fsp3) is 0.438. The molecule has 0 unspecified atom stereocenters. The van der Waals surface area contributed by atoms with E-state index in [-0.39, 0.29) is 36.8 Å². The lowest BCUT2D eigenvalue weighted by Crippen LogP contribution is -2.49. The molecule has 0 saturated carbocycles. The van der Waals surface area contributed by atoms with Gasteiger partial charge in [0.2, 0.25) is 0 Å². The largest absolute Gasteiger partial charge is 0.481 e. The van der Waals surface area contributed by atoms with Gasteiger partial charge in [-0.1, -0.05) is 12.1 Å². The molecule has 2 aliphatic heterocycles. The second-order valence-electron chi connectivity index (χ2n) is 5.65. The van der Waals surface area contributed by atoms with Crippen molar-refractivity contribution in [2.75, 3.05) is 26.3 Å². The van der Waals surface area contributed by atoms with E-state index in [9.17, 15) is 18.8 Å². The van der Waals surface area contributed by atoms with Crippen LogP contribution in [0, 0.1) is 5.82 Å². The molecule has 0 atom stereocenters. The average molecular weight is 336 g/mol. The van der Waals surface area contributed by atoms with Crippen LogP contribution in [0.3, 0.4) is 0 Å². The van der Waals surface area contributed by atoms with Crippen LogP contribution in [0.15, 0.2) is 24.3 Å². The van der Waals surface area contributed by atoms with Gasteiger partial charge in [-0.25, -0.2) is 14.1 Å². The van der Waals surface area contributed by atoms with Crippen molar-refractivity contribution in [3.63, 3.8) is 0 Å². The fourth-order valence-corrected chi connectivity index (χ4v) is 2.88. The summed E-state index contributed by atoms with van der Waals surface area (Å²) >= 11 is 0. The predicted molar refractivity (Wildman–Crippen MR) is 79.7 cm³/mol. The van der Waals surface area contributed by atoms with Gasteiger partial charge >= 0.3 is 6.09 Å². The second-order valence-corrected chi connectivity index (χ2v) is 5.65. The van der Waals surface area contributed by atoms with E-state index in [1.54, 1.807) is 17.0 Å². The highest BCUT2D eigenvalue weighted by atomic mass is 19.1. The first kappa shape index (κ1) is 16.2. The lowest BCUT2D eigenvalue weighted by atomic mass is 10.0. The molecule has 0 spiro atoms. The molecule has 8 heteroatoms. The number of piperidine rings is 1. The Bertz CT molecular complexity index is 642. The molecular weight excluding hydrogens is 319 g/mol. The predicted octanol–water partition coefficient (Wildman–Crippen LogP) is 1.17. The van der Waals surface area contributed by atoms with Gasteiger partial charge in [-0.3, -0.25) is 9.59 Å². The normalized spacial score (nSPS) is 18.7. The number of nitrogens with zero attached hydrogens (tertiary/aromatic N) is 2. The van der Waals surface area contributed by atoms with E-state index in [1.807, 2.05) is 0 Å². The lowest BCUT2D eigenvalue weighted by molar-refractivity contribution is -0.135. The first-order valence-electron chi connectivity index (χ1n) is 7.70. The number of amides is 3. The summed E-state index contributed by atoms with van der Waals surface area (Å²) < 4.78 is 23.4. The number of carbonyl (C=O) groups excluding carboxylic acids is 3. The third-order valence-corrected chi connectivity index (χ3v) is 4.15. The molecular formula is C16H17FN2O5. The van der Waals surface area contributed by atoms with Crippen LogP contribution in [-0.4, -0.2) is 60.1 Å². The minimum atomic E-state index is -0.618. The van der Waals surface area contributed by atoms with Crippen molar-refractivity contribution < 1.29 is 28.2 Å². The number of likely N-dealkylation sites (tertiary alicyclic amines) is 1. The summed E-state index contributed by atoms with van der Waals surface area (Å²) in [6, 6.07) is 5.64. The van der Waals surface area contributed by atoms with Crippen molar-refractivity contribution in [1.82, 2.24) is 9.80 Å². The van der Waals surface area contributed by atoms with Gasteiger partial charge in [-0.15, -0.1) is 0 Å². The summed E-state index contributed by atoms with van der Waals surface area (Å²) in [6.45, 7) is 0.340. The van der Waals surface area contributed by atoms with Crippen LogP contribution in [0.1, 0.15) is 12.8 Å². The van der Waals surface area contributed by atoms with Crippen LogP contribution in [0.5, 0.6) is 5.75 Å². The van der Waals surface area contributed by atoms with E-state index in [0.717, 1.165) is 4.90 Å². The maximum atomic E-state index is 13.4. The minimum absolute atomic E-state index is 0.0335. The topological polar surface area (TPSA) is 76.2 Å². The number of hydrogen-bond acceptors (Lipinski definition) is 5. The number of carbonyl (C=O) groups is 3. The van der Waals surface area contributed by atoms with Crippen LogP contribution < -0.4 is 4.74 Å². The number of rotatable bonds is 4. The van der Waals surface area contributed by atoms with Crippen molar-refractivity contribution in [3.05, 3.63) is 30.1 Å². The first-order chi connectivity index (χ1) is 11.6. The van der Waals surface area contributed by atoms with Gasteiger partial charge in [0, 0.05) is 19.1 Å². The number of benzene rings is 1. The standard InChI is InChI=1S/C16H17FN2O5/c17-12-3-1-2-4-13(12)23-9-14(20)18-7-5-11(6-8-18)19-15(21)10-24-16(19)22/h1-4,11H,5-10H2. The highest BCUT2D eigenvalue weighted by Crippen LogP contribution is 2.21. The zero-order chi connectivity index (χ0) is 17.1. The summed E-state index contributed by atoms with van der Waals surface area (Å²) in [5.41, 5.74) is 0. The Hall–Kier alpha value is -2.64. The summed E-state index contributed by atoms with van der Waals surface area (Å²) in [5.74, 6) is -1.08. The van der Waals surface area contributed by atoms with E-state index in [4.69, 9.17) is 9.47 Å². The average Bonchev–Trinajstić information content (AvgIpc) is 2.93. The lowest BCUT2D eigenvalue weighted by Gasteiger charge is -2.34. The molecule has 2 saturated heterocycles. The van der Waals surface area contributed by atoms with Crippen molar-refractivity contribution in [2.45, 2.75) is 18.9 Å². The molecule has 1 aromatic rings. The van der Waals surface area contributed by atoms with E-state index in [0.29, 0.717) is 25.9 Å². The molecule has 3 rings (SSSR count). The van der Waals surface area contributed by atoms with Crippen LogP contribution in [0.25, 0.3) is 0 Å². The quantitative estimate of drug-likeness (QED) is 0.825. The van der Waals surface area contributed by atoms with Crippen LogP contribution in [-0.2, 0) is 14.3 Å². The van der Waals surface area contributed by atoms with Crippen molar-refractivity contribution in [2.24, 2.45) is 0 Å². The van der Waals surface area contributed by atoms with Crippen molar-refractivity contribution >= 4 is 17.9 Å². The zero-order valence-electron chi connectivity index (χ0n) is 12.9. The van der Waals surface area contributed by atoms with E-state index >= 15 is 0 Å². The number of cyclic esters (lactones) is 1. The summed E-state index contributed by atoms with van der Waals surface area (Å²) in [6.07, 6.45) is 0.367. The Balaban J connectivity index is 1.49. The summed E-state index contributed by atoms with van der Waals surface area (Å²) in [5, 5.41) is 0. The zero-order valence-corrected chi connectivity index (χ0v) is 12.9. The number of hydrogen-bond donors (Lipinski definition) is 0. The maximum Gasteiger partial charge on any atom is 0.417 e. The molecule has 7 nitrogen and oxygen atoms in total. The molecule has 0 radical (unpaired) electrons. The van der Waals surface area contributed by atoms with Gasteiger partial charge in [-0.05, 0) is 25.0 Å². The van der Waals surface area contributed by atoms with E-state index in [1.165, 1.54) is 12.1 Å². The molecule has 1 aromatic carbocycles. The van der Waals surface area contributed by atoms with Crippen LogP contribution in [0.2, 0.25) is 0 Å². The number of halogens is 1. The fourth-order valence-electron chi connectivity index (χ4n) is 2.88. The molecule has 24 heavy (non-hydrogen) atoms. The molecule has 0 bridgehead atoms. The first-order valence-corrected chi connectivity index (χ1v) is 7.70. The number of para-hydroxylation sites is 1. The van der Waals surface area contributed by atoms with Gasteiger partial charge in [0.15, 0.2) is 24.8 Å². The summed E-state index contributed by atoms with van der Waals surface area (Å²) in [4.78, 5) is 38.0. The Labute approximate surface area is 137 Å². The second kappa shape index (κ2) is 6.86.